The van der Waals surface area contributed by atoms with Crippen LogP contribution in [0.4, 0.5) is 4.79 Å². The van der Waals surface area contributed by atoms with Crippen molar-refractivity contribution in [2.75, 3.05) is 20.2 Å². The number of carbonyl (C=O) groups is 16. The molecule has 1 aliphatic heterocycles. The Morgan fingerprint density at radius 1 is 0.432 bits per heavy atom. The van der Waals surface area contributed by atoms with E-state index in [0.29, 0.717) is 6.42 Å². The molecule has 1 aliphatic carbocycles. The van der Waals surface area contributed by atoms with E-state index in [1.165, 1.54) is 95.0 Å². The molecular weight excluding hydrogens is 1240 g/mol. The Labute approximate surface area is 549 Å². The van der Waals surface area contributed by atoms with Gasteiger partial charge in [0.15, 0.2) is 0 Å². The molecule has 2 aliphatic rings. The van der Waals surface area contributed by atoms with Crippen LogP contribution in [0.1, 0.15) is 126 Å². The minimum Gasteiger partial charge on any atom is -0.480 e. The number of carboxylic acid groups (broad SMARTS) is 1. The van der Waals surface area contributed by atoms with E-state index in [0.717, 1.165) is 22.3 Å². The van der Waals surface area contributed by atoms with Crippen molar-refractivity contribution in [1.82, 2.24) is 79.3 Å². The maximum atomic E-state index is 13.6. The molecule has 33 heteroatoms. The van der Waals surface area contributed by atoms with E-state index in [9.17, 15) is 81.8 Å². The Morgan fingerprint density at radius 2 is 0.737 bits per heavy atom. The highest BCUT2D eigenvalue weighted by Crippen LogP contribution is 2.44. The van der Waals surface area contributed by atoms with Crippen molar-refractivity contribution in [3.8, 4) is 11.1 Å². The average molecular weight is 1330 g/mol. The summed E-state index contributed by atoms with van der Waals surface area (Å²) in [5.41, 5.74) is 4.11. The van der Waals surface area contributed by atoms with Gasteiger partial charge in [0.2, 0.25) is 82.7 Å². The molecule has 4 rings (SSSR count). The summed E-state index contributed by atoms with van der Waals surface area (Å²) in [7, 11) is 1.37. The molecule has 0 spiro atoms. The molecule has 14 atom stereocenters. The van der Waals surface area contributed by atoms with Gasteiger partial charge < -0.3 is 89.2 Å². The normalized spacial score (nSPS) is 17.1. The molecule has 0 aromatic heterocycles. The fourth-order valence-corrected chi connectivity index (χ4v) is 9.80. The second kappa shape index (κ2) is 35.7. The number of carbonyl (C=O) groups excluding carboxylic acids is 15. The molecular formula is C62H89N15O18. The maximum Gasteiger partial charge on any atom is 0.407 e. The molecule has 520 valence electrons. The van der Waals surface area contributed by atoms with E-state index < -0.39 is 179 Å². The van der Waals surface area contributed by atoms with Crippen molar-refractivity contribution in [3.63, 3.8) is 0 Å². The number of alkyl carbamates (subject to hydrolysis) is 1. The maximum absolute atomic E-state index is 13.6. The summed E-state index contributed by atoms with van der Waals surface area (Å²) in [6, 6.07) is -1.64. The molecule has 0 saturated carbocycles. The van der Waals surface area contributed by atoms with Gasteiger partial charge in [-0.1, -0.05) is 48.5 Å². The third kappa shape index (κ3) is 22.5. The second-order valence-corrected chi connectivity index (χ2v) is 23.5. The Kier molecular flexibility index (Phi) is 29.0. The summed E-state index contributed by atoms with van der Waals surface area (Å²) in [4.78, 5) is 207. The van der Waals surface area contributed by atoms with Crippen molar-refractivity contribution in [2.24, 2.45) is 0 Å². The topological polar surface area (TPSA) is 474 Å². The molecule has 1 saturated heterocycles. The monoisotopic (exact) mass is 1330 g/mol. The van der Waals surface area contributed by atoms with Gasteiger partial charge in [0.25, 0.3) is 0 Å². The molecule has 0 bridgehead atoms. The predicted molar refractivity (Wildman–Crippen MR) is 339 cm³/mol. The number of fused-ring (bicyclic) bond motifs is 3. The number of hydrogen-bond acceptors (Lipinski definition) is 17. The summed E-state index contributed by atoms with van der Waals surface area (Å²) in [5, 5.41) is 43.2. The fourth-order valence-electron chi connectivity index (χ4n) is 9.80. The molecule has 1 unspecified atom stereocenters. The largest absolute Gasteiger partial charge is 0.480 e. The number of hydrogen-bond donors (Lipinski definition) is 15. The number of carboxylic acids is 1. The molecule has 1 heterocycles. The molecule has 2 aromatic rings. The first-order valence-electron chi connectivity index (χ1n) is 31.1. The first-order valence-corrected chi connectivity index (χ1v) is 31.1. The average Bonchev–Trinajstić information content (AvgIpc) is 1.63. The third-order valence-corrected chi connectivity index (χ3v) is 15.7. The number of benzene rings is 2. The first kappa shape index (κ1) is 77.2. The van der Waals surface area contributed by atoms with Crippen LogP contribution in [0.5, 0.6) is 0 Å². The van der Waals surface area contributed by atoms with Crippen molar-refractivity contribution in [3.05, 3.63) is 59.7 Å². The molecule has 2 aromatic carbocycles. The minimum atomic E-state index is -1.42. The number of likely N-dealkylation sites (tertiary alicyclic amines) is 1. The number of nitrogens with zero attached hydrogens (tertiary/aromatic N) is 1. The predicted octanol–water partition coefficient (Wildman–Crippen LogP) is -3.45. The van der Waals surface area contributed by atoms with E-state index in [1.54, 1.807) is 0 Å². The van der Waals surface area contributed by atoms with Gasteiger partial charge in [-0.3, -0.25) is 67.1 Å². The lowest BCUT2D eigenvalue weighted by atomic mass is 9.98. The second-order valence-electron chi connectivity index (χ2n) is 23.5. The summed E-state index contributed by atoms with van der Waals surface area (Å²) in [6.07, 6.45) is -0.671. The third-order valence-electron chi connectivity index (χ3n) is 15.7. The van der Waals surface area contributed by atoms with E-state index in [2.05, 4.69) is 74.4 Å². The van der Waals surface area contributed by atoms with Crippen LogP contribution in [-0.2, 0) is 76.7 Å². The highest BCUT2D eigenvalue weighted by atomic mass is 16.5. The van der Waals surface area contributed by atoms with Gasteiger partial charge in [0.05, 0.1) is 0 Å². The van der Waals surface area contributed by atoms with Crippen LogP contribution in [0, 0.1) is 0 Å². The smallest absolute Gasteiger partial charge is 0.407 e. The minimum absolute atomic E-state index is 0.0172. The molecule has 1 fully saturated rings. The molecule has 0 radical (unpaired) electrons. The number of amides is 15. The van der Waals surface area contributed by atoms with Crippen LogP contribution >= 0.6 is 0 Å². The van der Waals surface area contributed by atoms with Crippen LogP contribution in [0.3, 0.4) is 0 Å². The number of ether oxygens (including phenoxy) is 1. The number of aliphatic carboxylic acids is 1. The van der Waals surface area contributed by atoms with Crippen LogP contribution in [0.2, 0.25) is 0 Å². The van der Waals surface area contributed by atoms with Crippen LogP contribution < -0.4 is 74.4 Å². The van der Waals surface area contributed by atoms with Crippen LogP contribution in [0.25, 0.3) is 11.1 Å². The van der Waals surface area contributed by atoms with Gasteiger partial charge in [-0.2, -0.15) is 0 Å². The molecule has 15 N–H and O–H groups in total. The lowest BCUT2D eigenvalue weighted by molar-refractivity contribution is -0.142. The Balaban J connectivity index is 1.13. The van der Waals surface area contributed by atoms with E-state index in [4.69, 9.17) is 4.74 Å². The highest BCUT2D eigenvalue weighted by molar-refractivity contribution is 6.00. The Bertz CT molecular complexity index is 3190. The van der Waals surface area contributed by atoms with Gasteiger partial charge in [-0.05, 0) is 125 Å². The number of nitrogens with one attached hydrogen (secondary N) is 14. The summed E-state index contributed by atoms with van der Waals surface area (Å²) < 4.78 is 5.52. The van der Waals surface area contributed by atoms with Crippen molar-refractivity contribution >= 4 is 94.8 Å². The van der Waals surface area contributed by atoms with Gasteiger partial charge >= 0.3 is 12.1 Å². The standard InChI is InChI=1S/C62H89N15O18/c1-28(64-49(80)30(3)67-53(84)34(7)71-57(88)38(11)75-62(94)95-27-44-42-21-16-14-19-40(42)41-20-15-17-22-43(41)44)48(79)66-31(4)52(83)70-35(8)56(87)74-39(12)60(91)77-26-18-23-46(77)59(90)73-36(9)55(86)69-32(5)51(82)65-29(2)50(81)68-33(6)54(85)72-37(10)58(89)76-45(61(92)93)24-25-47(78)63-13/h14-17,19-22,28-39,44-46H,18,23-27H2,1-13H3,(H,63,78)(H,64,80)(H,65,82)(H,66,79)(H,67,84)(H,68,81)(H,69,86)(H,70,83)(H,71,88)(H,72,85)(H,73,90)(H,74,87)(H,75,94)(H,76,89)(H,92,93)/t28-,29-,30-,31-,32-,33-,34?,35-,36-,37-,38-,39-,45-,46-/m0/s1. The van der Waals surface area contributed by atoms with E-state index >= 15 is 0 Å². The van der Waals surface area contributed by atoms with Crippen molar-refractivity contribution in [2.45, 2.75) is 199 Å². The zero-order valence-corrected chi connectivity index (χ0v) is 55.4. The van der Waals surface area contributed by atoms with Crippen LogP contribution in [0.15, 0.2) is 48.5 Å². The van der Waals surface area contributed by atoms with Gasteiger partial charge in [0, 0.05) is 25.9 Å². The first-order chi connectivity index (χ1) is 44.6. The van der Waals surface area contributed by atoms with Gasteiger partial charge in [0.1, 0.15) is 91.2 Å². The van der Waals surface area contributed by atoms with E-state index in [-0.39, 0.29) is 38.3 Å². The molecule has 15 amide bonds. The van der Waals surface area contributed by atoms with Gasteiger partial charge in [-0.15, -0.1) is 0 Å². The summed E-state index contributed by atoms with van der Waals surface area (Å²) >= 11 is 0. The van der Waals surface area contributed by atoms with Crippen LogP contribution in [-0.4, -0.2) is 210 Å². The van der Waals surface area contributed by atoms with Crippen molar-refractivity contribution < 1.29 is 86.6 Å². The Hall–Kier alpha value is -10.2. The molecule has 95 heavy (non-hydrogen) atoms. The number of rotatable bonds is 32. The van der Waals surface area contributed by atoms with Gasteiger partial charge in [-0.25, -0.2) is 9.59 Å². The SMILES string of the molecule is CNC(=O)CC[C@H](NC(=O)[C@H](C)NC(=O)[C@H](C)NC(=O)[C@H](C)NC(=O)[C@H](C)NC(=O)[C@H](C)NC(=O)[C@@H]1CCCN1C(=O)[C@H](C)NC(=O)[C@H](C)NC(=O)[C@H](C)NC(=O)[C@H](C)NC(=O)[C@H](C)NC(=O)C(C)NC(=O)[C@H](C)NC(=O)OCC1c2ccccc2-c2ccccc21)C(=O)O. The zero-order chi connectivity index (χ0) is 71.3. The van der Waals surface area contributed by atoms with Crippen molar-refractivity contribution in [1.29, 1.82) is 0 Å². The molecule has 33 nitrogen and oxygen atoms in total. The summed E-state index contributed by atoms with van der Waals surface area (Å²) in [5.74, 6) is -12.3. The highest BCUT2D eigenvalue weighted by Gasteiger charge is 2.39. The summed E-state index contributed by atoms with van der Waals surface area (Å²) in [6.45, 7) is 16.0. The zero-order valence-electron chi connectivity index (χ0n) is 55.4. The lowest BCUT2D eigenvalue weighted by Gasteiger charge is -2.29. The Morgan fingerprint density at radius 3 is 1.07 bits per heavy atom. The quantitative estimate of drug-likeness (QED) is 0.0339. The van der Waals surface area contributed by atoms with E-state index in [1.807, 2.05) is 48.5 Å². The lowest BCUT2D eigenvalue weighted by Crippen LogP contribution is -2.59. The fraction of sp³-hybridized carbons (Fsp3) is 0.548.